The fraction of sp³-hybridized carbons (Fsp3) is 0.333. The molecule has 0 aromatic heterocycles. The molecule has 4 N–H and O–H groups in total. The number of hydrogen-bond donors (Lipinski definition) is 2. The molecule has 1 rings (SSSR count). The summed E-state index contributed by atoms with van der Waals surface area (Å²) in [5, 5.41) is 0. The van der Waals surface area contributed by atoms with E-state index in [9.17, 15) is 4.39 Å². The molecular formula is C9H12BrFN2. The molecule has 0 aliphatic carbocycles. The Labute approximate surface area is 85.2 Å². The van der Waals surface area contributed by atoms with E-state index in [4.69, 9.17) is 11.5 Å². The Hall–Kier alpha value is -0.450. The van der Waals surface area contributed by atoms with Crippen LogP contribution in [0.25, 0.3) is 0 Å². The lowest BCUT2D eigenvalue weighted by atomic mass is 10.0. The average Bonchev–Trinajstić information content (AvgIpc) is 2.08. The van der Waals surface area contributed by atoms with Crippen molar-refractivity contribution in [3.8, 4) is 0 Å². The van der Waals surface area contributed by atoms with Gasteiger partial charge in [0.2, 0.25) is 0 Å². The third-order valence-corrected chi connectivity index (χ3v) is 2.54. The third kappa shape index (κ3) is 2.49. The minimum atomic E-state index is -0.317. The van der Waals surface area contributed by atoms with Crippen LogP contribution >= 0.6 is 15.9 Å². The number of hydrogen-bond acceptors (Lipinski definition) is 2. The molecule has 0 fully saturated rings. The first-order valence-electron chi connectivity index (χ1n) is 3.98. The van der Waals surface area contributed by atoms with Crippen LogP contribution in [0.3, 0.4) is 0 Å². The van der Waals surface area contributed by atoms with E-state index in [0.717, 1.165) is 5.56 Å². The molecule has 1 aromatic rings. The van der Waals surface area contributed by atoms with Gasteiger partial charge in [-0.1, -0.05) is 6.07 Å². The van der Waals surface area contributed by atoms with Crippen molar-refractivity contribution in [1.82, 2.24) is 0 Å². The second kappa shape index (κ2) is 4.17. The maximum atomic E-state index is 13.1. The number of nitrogens with two attached hydrogens (primary N) is 2. The molecule has 0 unspecified atom stereocenters. The van der Waals surface area contributed by atoms with Gasteiger partial charge in [0.05, 0.1) is 4.47 Å². The normalized spacial score (nSPS) is 15.5. The lowest BCUT2D eigenvalue weighted by Crippen LogP contribution is -2.31. The van der Waals surface area contributed by atoms with Crippen LogP contribution in [0, 0.1) is 5.82 Å². The summed E-state index contributed by atoms with van der Waals surface area (Å²) < 4.78 is 13.5. The van der Waals surface area contributed by atoms with Crippen LogP contribution in [0.4, 0.5) is 4.39 Å². The Morgan fingerprint density at radius 1 is 1.38 bits per heavy atom. The number of benzene rings is 1. The van der Waals surface area contributed by atoms with Gasteiger partial charge in [-0.05, 0) is 40.5 Å². The summed E-state index contributed by atoms with van der Waals surface area (Å²) >= 11 is 3.07. The standard InChI is InChI=1S/C9H12BrFN2/c1-5(12)9(13)6-2-3-7(10)8(11)4-6/h2-5,9H,12-13H2,1H3/t5-,9+/m0/s1. The van der Waals surface area contributed by atoms with E-state index in [2.05, 4.69) is 15.9 Å². The van der Waals surface area contributed by atoms with Crippen LogP contribution in [0.1, 0.15) is 18.5 Å². The molecule has 13 heavy (non-hydrogen) atoms. The average molecular weight is 247 g/mol. The Balaban J connectivity index is 2.97. The van der Waals surface area contributed by atoms with Gasteiger partial charge >= 0.3 is 0 Å². The van der Waals surface area contributed by atoms with Crippen molar-refractivity contribution in [3.63, 3.8) is 0 Å². The monoisotopic (exact) mass is 246 g/mol. The van der Waals surface area contributed by atoms with Gasteiger partial charge in [0.15, 0.2) is 0 Å². The minimum Gasteiger partial charge on any atom is -0.326 e. The van der Waals surface area contributed by atoms with Crippen molar-refractivity contribution >= 4 is 15.9 Å². The highest BCUT2D eigenvalue weighted by Gasteiger charge is 2.12. The van der Waals surface area contributed by atoms with Crippen LogP contribution in [-0.4, -0.2) is 6.04 Å². The third-order valence-electron chi connectivity index (χ3n) is 1.90. The molecule has 0 amide bonds. The number of rotatable bonds is 2. The van der Waals surface area contributed by atoms with Crippen LogP contribution < -0.4 is 11.5 Å². The molecule has 0 bridgehead atoms. The van der Waals surface area contributed by atoms with Gasteiger partial charge in [-0.15, -0.1) is 0 Å². The maximum absolute atomic E-state index is 13.1. The van der Waals surface area contributed by atoms with E-state index in [0.29, 0.717) is 4.47 Å². The first kappa shape index (κ1) is 10.6. The molecule has 4 heteroatoms. The molecule has 0 saturated carbocycles. The topological polar surface area (TPSA) is 52.0 Å². The van der Waals surface area contributed by atoms with E-state index in [-0.39, 0.29) is 17.9 Å². The fourth-order valence-electron chi connectivity index (χ4n) is 1.02. The van der Waals surface area contributed by atoms with Crippen molar-refractivity contribution in [1.29, 1.82) is 0 Å². The fourth-order valence-corrected chi connectivity index (χ4v) is 1.27. The highest BCUT2D eigenvalue weighted by molar-refractivity contribution is 9.10. The summed E-state index contributed by atoms with van der Waals surface area (Å²) in [6, 6.07) is 4.30. The lowest BCUT2D eigenvalue weighted by molar-refractivity contribution is 0.574. The van der Waals surface area contributed by atoms with Gasteiger partial charge in [-0.2, -0.15) is 0 Å². The molecule has 0 spiro atoms. The maximum Gasteiger partial charge on any atom is 0.137 e. The summed E-state index contributed by atoms with van der Waals surface area (Å²) in [6.07, 6.45) is 0. The molecule has 2 atom stereocenters. The Morgan fingerprint density at radius 3 is 2.46 bits per heavy atom. The van der Waals surface area contributed by atoms with Gasteiger partial charge < -0.3 is 11.5 Å². The Morgan fingerprint density at radius 2 is 2.00 bits per heavy atom. The van der Waals surface area contributed by atoms with E-state index in [1.165, 1.54) is 6.07 Å². The second-order valence-electron chi connectivity index (χ2n) is 3.06. The van der Waals surface area contributed by atoms with Gasteiger partial charge in [0, 0.05) is 12.1 Å². The van der Waals surface area contributed by atoms with Gasteiger partial charge in [0.25, 0.3) is 0 Å². The number of halogens is 2. The SMILES string of the molecule is C[C@H](N)[C@@H](N)c1ccc(Br)c(F)c1. The van der Waals surface area contributed by atoms with E-state index in [1.807, 2.05) is 0 Å². The Kier molecular flexibility index (Phi) is 3.41. The second-order valence-corrected chi connectivity index (χ2v) is 3.91. The zero-order valence-corrected chi connectivity index (χ0v) is 8.88. The molecule has 0 radical (unpaired) electrons. The van der Waals surface area contributed by atoms with Gasteiger partial charge in [0.1, 0.15) is 5.82 Å². The highest BCUT2D eigenvalue weighted by Crippen LogP contribution is 2.20. The van der Waals surface area contributed by atoms with Crippen LogP contribution in [0.2, 0.25) is 0 Å². The predicted molar refractivity (Wildman–Crippen MR) is 54.7 cm³/mol. The highest BCUT2D eigenvalue weighted by atomic mass is 79.9. The van der Waals surface area contributed by atoms with Crippen LogP contribution in [0.15, 0.2) is 22.7 Å². The Bertz CT molecular complexity index is 302. The van der Waals surface area contributed by atoms with E-state index >= 15 is 0 Å². The molecule has 2 nitrogen and oxygen atoms in total. The summed E-state index contributed by atoms with van der Waals surface area (Å²) in [5.74, 6) is -0.311. The van der Waals surface area contributed by atoms with Crippen molar-refractivity contribution in [2.45, 2.75) is 19.0 Å². The first-order chi connectivity index (χ1) is 6.02. The van der Waals surface area contributed by atoms with E-state index < -0.39 is 0 Å². The van der Waals surface area contributed by atoms with Crippen LogP contribution in [-0.2, 0) is 0 Å². The molecule has 0 saturated heterocycles. The molecule has 1 aromatic carbocycles. The summed E-state index contributed by atoms with van der Waals surface area (Å²) in [6.45, 7) is 1.80. The molecule has 0 aliphatic rings. The zero-order chi connectivity index (χ0) is 10.0. The molecule has 0 heterocycles. The smallest absolute Gasteiger partial charge is 0.137 e. The molecule has 0 aliphatic heterocycles. The largest absolute Gasteiger partial charge is 0.326 e. The lowest BCUT2D eigenvalue weighted by Gasteiger charge is -2.15. The predicted octanol–water partition coefficient (Wildman–Crippen LogP) is 1.94. The first-order valence-corrected chi connectivity index (χ1v) is 4.78. The van der Waals surface area contributed by atoms with E-state index in [1.54, 1.807) is 19.1 Å². The zero-order valence-electron chi connectivity index (χ0n) is 7.30. The molecule has 72 valence electrons. The van der Waals surface area contributed by atoms with Crippen LogP contribution in [0.5, 0.6) is 0 Å². The summed E-state index contributed by atoms with van der Waals surface area (Å²) in [4.78, 5) is 0. The van der Waals surface area contributed by atoms with Crippen molar-refractivity contribution in [3.05, 3.63) is 34.1 Å². The van der Waals surface area contributed by atoms with Crippen molar-refractivity contribution in [2.24, 2.45) is 11.5 Å². The van der Waals surface area contributed by atoms with Gasteiger partial charge in [-0.25, -0.2) is 4.39 Å². The summed E-state index contributed by atoms with van der Waals surface area (Å²) in [7, 11) is 0. The van der Waals surface area contributed by atoms with Crippen molar-refractivity contribution in [2.75, 3.05) is 0 Å². The minimum absolute atomic E-state index is 0.180. The quantitative estimate of drug-likeness (QED) is 0.838. The summed E-state index contributed by atoms with van der Waals surface area (Å²) in [5.41, 5.74) is 12.1. The van der Waals surface area contributed by atoms with Gasteiger partial charge in [-0.3, -0.25) is 0 Å². The molecular weight excluding hydrogens is 235 g/mol. The van der Waals surface area contributed by atoms with Crippen molar-refractivity contribution < 1.29 is 4.39 Å².